The maximum absolute atomic E-state index is 12.7. The zero-order valence-electron chi connectivity index (χ0n) is 47.3. The second-order valence-electron chi connectivity index (χ2n) is 18.8. The van der Waals surface area contributed by atoms with Crippen molar-refractivity contribution in [2.24, 2.45) is 0 Å². The van der Waals surface area contributed by atoms with Gasteiger partial charge in [-0.1, -0.05) is 120 Å². The van der Waals surface area contributed by atoms with E-state index in [0.717, 1.165) is 30.7 Å². The highest BCUT2D eigenvalue weighted by Gasteiger charge is 2.72. The number of benzene rings is 2. The first kappa shape index (κ1) is 85.1. The first-order chi connectivity index (χ1) is 38.0. The number of rotatable bonds is 21. The smallest absolute Gasteiger partial charge is 0.430 e. The van der Waals surface area contributed by atoms with Gasteiger partial charge in [-0.15, -0.1) is 0 Å². The van der Waals surface area contributed by atoms with Gasteiger partial charge in [-0.25, -0.2) is 19.2 Å². The second-order valence-corrected chi connectivity index (χ2v) is 25.8. The Morgan fingerprint density at radius 1 is 0.588 bits per heavy atom. The molecule has 0 aromatic heterocycles. The third-order valence-corrected chi connectivity index (χ3v) is 12.2. The number of carbonyl (C=O) groups excluding carboxylic acids is 3. The van der Waals surface area contributed by atoms with Gasteiger partial charge in [-0.3, -0.25) is 4.55 Å². The van der Waals surface area contributed by atoms with Crippen LogP contribution in [0.15, 0.2) is 116 Å². The Balaban J connectivity index is -0.000000490. The highest BCUT2D eigenvalue weighted by molar-refractivity contribution is 7.88. The third-order valence-electron chi connectivity index (χ3n) is 9.96. The summed E-state index contributed by atoms with van der Waals surface area (Å²) in [6.45, 7) is 33.3. The predicted octanol–water partition coefficient (Wildman–Crippen LogP) is 12.6. The highest BCUT2D eigenvalue weighted by atomic mass is 32.2. The molecule has 1 atom stereocenters. The van der Waals surface area contributed by atoms with Crippen molar-refractivity contribution in [1.82, 2.24) is 0 Å². The van der Waals surface area contributed by atoms with Crippen LogP contribution in [-0.2, 0) is 65.9 Å². The van der Waals surface area contributed by atoms with Crippen LogP contribution in [-0.4, -0.2) is 135 Å². The third kappa shape index (κ3) is 32.7. The molecule has 1 unspecified atom stereocenters. The van der Waals surface area contributed by atoms with Crippen LogP contribution in [0.25, 0.3) is 6.08 Å². The molecule has 32 heteroatoms. The molecule has 0 fully saturated rings. The van der Waals surface area contributed by atoms with Crippen molar-refractivity contribution in [3.63, 3.8) is 0 Å². The van der Waals surface area contributed by atoms with Gasteiger partial charge in [0, 0.05) is 48.8 Å². The number of carbonyl (C=O) groups is 4. The number of ether oxygens (including phenoxy) is 4. The molecule has 0 bridgehead atoms. The number of carboxylic acids is 1. The highest BCUT2D eigenvalue weighted by Crippen LogP contribution is 2.51. The molecule has 0 aliphatic rings. The molecule has 2 aromatic rings. The minimum absolute atomic E-state index is 0.0171. The number of alkyl halides is 15. The summed E-state index contributed by atoms with van der Waals surface area (Å²) in [5.41, 5.74) is -13.8. The van der Waals surface area contributed by atoms with Crippen LogP contribution in [0.2, 0.25) is 25.7 Å². The van der Waals surface area contributed by atoms with Gasteiger partial charge in [0.25, 0.3) is 21.3 Å². The molecule has 0 saturated carbocycles. The second kappa shape index (κ2) is 36.0. The SMILES string of the molecule is C=C(C)C(=O)O.C=C(C)C(=O)OCCC[Si](C)(C)C.C=C(C)C(=O)OCCc1ccc(C(O)(C(F)(F)F)C(F)(F)F)cc1.C=C(COCCC(C)(O)C(F)(F)F)C(=O)OCC.C=CS(=O)(=O)O.C=Cc1ccc(C(O)(C(F)(F)F)C(F)(F)F)cc1. The molecule has 0 radical (unpaired) electrons. The van der Waals surface area contributed by atoms with Crippen LogP contribution in [0, 0.1) is 0 Å². The Morgan fingerprint density at radius 3 is 1.22 bits per heavy atom. The van der Waals surface area contributed by atoms with Crippen LogP contribution in [0.5, 0.6) is 0 Å². The topological polar surface area (TPSA) is 240 Å². The number of halogens is 15. The van der Waals surface area contributed by atoms with E-state index in [1.54, 1.807) is 13.8 Å². The minimum atomic E-state index is -5.93. The van der Waals surface area contributed by atoms with Gasteiger partial charge < -0.3 is 39.4 Å². The van der Waals surface area contributed by atoms with Gasteiger partial charge in [-0.2, -0.15) is 74.3 Å². The summed E-state index contributed by atoms with van der Waals surface area (Å²) in [4.78, 5) is 42.8. The van der Waals surface area contributed by atoms with E-state index in [-0.39, 0.29) is 55.5 Å². The van der Waals surface area contributed by atoms with E-state index in [2.05, 4.69) is 63.9 Å². The average molecular weight is 1290 g/mol. The van der Waals surface area contributed by atoms with Crippen LogP contribution in [0.1, 0.15) is 69.7 Å². The molecule has 0 amide bonds. The molecule has 0 spiro atoms. The molecule has 0 saturated heterocycles. The Labute approximate surface area is 482 Å². The molecule has 0 aliphatic carbocycles. The summed E-state index contributed by atoms with van der Waals surface area (Å²) >= 11 is 0. The number of esters is 3. The number of aliphatic hydroxyl groups is 3. The van der Waals surface area contributed by atoms with Crippen molar-refractivity contribution in [2.75, 3.05) is 33.0 Å². The summed E-state index contributed by atoms with van der Waals surface area (Å²) in [5, 5.41) is 35.7. The van der Waals surface area contributed by atoms with Crippen LogP contribution < -0.4 is 0 Å². The number of aliphatic carboxylic acids is 1. The van der Waals surface area contributed by atoms with Gasteiger partial charge in [0.2, 0.25) is 0 Å². The number of carboxylic acid groups (broad SMARTS) is 1. The zero-order valence-corrected chi connectivity index (χ0v) is 49.1. The summed E-state index contributed by atoms with van der Waals surface area (Å²) in [6.07, 6.45) is -26.6. The maximum Gasteiger partial charge on any atom is 0.430 e. The van der Waals surface area contributed by atoms with E-state index in [9.17, 15) is 98.6 Å². The summed E-state index contributed by atoms with van der Waals surface area (Å²) in [7, 11) is -4.87. The van der Waals surface area contributed by atoms with Gasteiger partial charge in [0.15, 0.2) is 5.60 Å². The molecular weight excluding hydrogens is 1220 g/mol. The van der Waals surface area contributed by atoms with E-state index in [1.807, 2.05) is 0 Å². The summed E-state index contributed by atoms with van der Waals surface area (Å²) in [5.74, 6) is -2.51. The van der Waals surface area contributed by atoms with E-state index < -0.39 is 101 Å². The molecule has 5 N–H and O–H groups in total. The first-order valence-corrected chi connectivity index (χ1v) is 29.1. The fourth-order valence-electron chi connectivity index (χ4n) is 4.92. The monoisotopic (exact) mass is 1290 g/mol. The van der Waals surface area contributed by atoms with Crippen molar-refractivity contribution in [3.8, 4) is 0 Å². The van der Waals surface area contributed by atoms with Crippen molar-refractivity contribution in [2.45, 2.75) is 127 Å². The Bertz CT molecular complexity index is 2570. The quantitative estimate of drug-likeness (QED) is 0.0149. The van der Waals surface area contributed by atoms with Crippen molar-refractivity contribution in [1.29, 1.82) is 0 Å². The molecule has 486 valence electrons. The van der Waals surface area contributed by atoms with Crippen molar-refractivity contribution >= 4 is 48.1 Å². The molecule has 2 rings (SSSR count). The Hall–Kier alpha value is -6.32. The van der Waals surface area contributed by atoms with E-state index in [0.29, 0.717) is 59.9 Å². The van der Waals surface area contributed by atoms with Gasteiger partial charge in [0.05, 0.1) is 44.0 Å². The van der Waals surface area contributed by atoms with Crippen LogP contribution >= 0.6 is 0 Å². The van der Waals surface area contributed by atoms with E-state index in [1.165, 1.54) is 26.0 Å². The fourth-order valence-corrected chi connectivity index (χ4v) is 6.13. The molecule has 0 aliphatic heterocycles. The van der Waals surface area contributed by atoms with Crippen LogP contribution in [0.3, 0.4) is 0 Å². The standard InChI is InChI=1S/C15H14F6O3.C11H8F6O.C11H17F3O4.C10H20O2Si.C4H6O2.C2H4O3S/c1-9(2)12(22)24-8-7-10-3-5-11(6-4-10)13(23,14(16,17)18)15(19,20)21;1-2-7-3-5-8(6-4-7)9(18,10(12,13)14)11(15,16)17;1-4-18-9(15)8(2)7-17-6-5-10(3,16)11(12,13)14;1-9(2)10(11)12-7-6-8-13(3,4)5;1-3(2)4(5)6;1-2-6(3,4)5/h3-6,23H,1,7-8H2,2H3;2-6,18H,1H2;16H,2,4-7H2,1,3H3;1,6-8H2,2-5H3;1H2,2H3,(H,5,6);2H,1H2,(H,3,4,5). The summed E-state index contributed by atoms with van der Waals surface area (Å²) in [6, 6.07) is 7.41. The van der Waals surface area contributed by atoms with Crippen LogP contribution in [0.4, 0.5) is 65.9 Å². The minimum Gasteiger partial charge on any atom is -0.478 e. The normalized spacial score (nSPS) is 12.6. The van der Waals surface area contributed by atoms with Gasteiger partial charge in [0.1, 0.15) is 0 Å². The number of hydrogen-bond donors (Lipinski definition) is 5. The average Bonchev–Trinajstić information content (AvgIpc) is 1.64. The molecule has 0 heterocycles. The predicted molar refractivity (Wildman–Crippen MR) is 285 cm³/mol. The van der Waals surface area contributed by atoms with Crippen molar-refractivity contribution in [3.05, 3.63) is 138 Å². The summed E-state index contributed by atoms with van der Waals surface area (Å²) < 4.78 is 234. The lowest BCUT2D eigenvalue weighted by molar-refractivity contribution is -0.376. The molecule has 15 nitrogen and oxygen atoms in total. The molecule has 2 aromatic carbocycles. The van der Waals surface area contributed by atoms with E-state index >= 15 is 0 Å². The first-order valence-electron chi connectivity index (χ1n) is 23.9. The van der Waals surface area contributed by atoms with Gasteiger partial charge in [-0.05, 0) is 52.2 Å². The Morgan fingerprint density at radius 2 is 0.941 bits per heavy atom. The van der Waals surface area contributed by atoms with E-state index in [4.69, 9.17) is 34.1 Å². The number of hydrogen-bond acceptors (Lipinski definition) is 13. The zero-order chi connectivity index (χ0) is 68.2. The maximum atomic E-state index is 12.7. The lowest BCUT2D eigenvalue weighted by Gasteiger charge is -2.32. The lowest BCUT2D eigenvalue weighted by Crippen LogP contribution is -2.53. The molecule has 85 heavy (non-hydrogen) atoms. The lowest BCUT2D eigenvalue weighted by atomic mass is 9.91. The largest absolute Gasteiger partial charge is 0.478 e. The van der Waals surface area contributed by atoms with Gasteiger partial charge >= 0.3 is 54.8 Å². The van der Waals surface area contributed by atoms with Crippen molar-refractivity contribution < 1.29 is 137 Å². The Kier molecular flexibility index (Phi) is 36.0. The molecular formula is C53H69F15O15SSi. The fraction of sp³-hybridized carbons (Fsp3) is 0.472.